The second-order valence-corrected chi connectivity index (χ2v) is 8.05. The molecule has 9 heteroatoms. The van der Waals surface area contributed by atoms with E-state index >= 15 is 0 Å². The number of rotatable bonds is 7. The summed E-state index contributed by atoms with van der Waals surface area (Å²) in [6.45, 7) is 10.0. The molecule has 164 valence electrons. The molecule has 2 N–H and O–H groups in total. The molecule has 0 aromatic rings. The second-order valence-electron chi connectivity index (χ2n) is 8.05. The first-order valence-electron chi connectivity index (χ1n) is 10.2. The number of hydrogen-bond donors (Lipinski definition) is 2. The molecule has 0 aromatic carbocycles. The fourth-order valence-electron chi connectivity index (χ4n) is 4.28. The van der Waals surface area contributed by atoms with E-state index in [4.69, 9.17) is 4.74 Å². The zero-order valence-corrected chi connectivity index (χ0v) is 18.5. The molecule has 28 heavy (non-hydrogen) atoms. The number of likely N-dealkylation sites (tertiary alicyclic amines) is 1. The largest absolute Gasteiger partial charge is 0.379 e. The van der Waals surface area contributed by atoms with Crippen LogP contribution in [0.15, 0.2) is 0 Å². The van der Waals surface area contributed by atoms with Gasteiger partial charge in [0.1, 0.15) is 0 Å². The van der Waals surface area contributed by atoms with Crippen LogP contribution in [0.3, 0.4) is 0 Å². The average molecular weight is 439 g/mol. The molecule has 3 rings (SSSR count). The third-order valence-electron chi connectivity index (χ3n) is 6.02. The van der Waals surface area contributed by atoms with Crippen LogP contribution < -0.4 is 10.6 Å². The lowest BCUT2D eigenvalue weighted by molar-refractivity contribution is -0.128. The number of carbonyl (C=O) groups excluding carboxylic acids is 2. The number of piperidine rings is 1. The van der Waals surface area contributed by atoms with Gasteiger partial charge in [-0.25, -0.2) is 0 Å². The van der Waals surface area contributed by atoms with Gasteiger partial charge in [0, 0.05) is 45.6 Å². The Bertz CT molecular complexity index is 486. The smallest absolute Gasteiger partial charge is 0.224 e. The van der Waals surface area contributed by atoms with Crippen LogP contribution in [0, 0.1) is 11.8 Å². The summed E-state index contributed by atoms with van der Waals surface area (Å²) in [6, 6.07) is -0.0311. The predicted octanol–water partition coefficient (Wildman–Crippen LogP) is 0.905. The van der Waals surface area contributed by atoms with Crippen LogP contribution in [-0.4, -0.2) is 86.7 Å². The van der Waals surface area contributed by atoms with E-state index in [1.165, 1.54) is 12.8 Å². The minimum Gasteiger partial charge on any atom is -0.379 e. The van der Waals surface area contributed by atoms with Gasteiger partial charge in [0.2, 0.25) is 11.8 Å². The Morgan fingerprint density at radius 3 is 2.71 bits per heavy atom. The summed E-state index contributed by atoms with van der Waals surface area (Å²) in [6.07, 6.45) is 3.41. The summed E-state index contributed by atoms with van der Waals surface area (Å²) >= 11 is 0. The number of nitrogens with zero attached hydrogens (tertiary/aromatic N) is 2. The van der Waals surface area contributed by atoms with Crippen molar-refractivity contribution < 1.29 is 14.3 Å². The number of ether oxygens (including phenoxy) is 1. The van der Waals surface area contributed by atoms with Gasteiger partial charge in [-0.15, -0.1) is 24.8 Å². The minimum absolute atomic E-state index is 0. The van der Waals surface area contributed by atoms with Gasteiger partial charge in [-0.1, -0.05) is 6.92 Å². The van der Waals surface area contributed by atoms with E-state index in [2.05, 4.69) is 22.5 Å². The molecule has 3 fully saturated rings. The van der Waals surface area contributed by atoms with Gasteiger partial charge >= 0.3 is 0 Å². The Kier molecular flexibility index (Phi) is 11.7. The molecule has 3 saturated heterocycles. The van der Waals surface area contributed by atoms with Gasteiger partial charge in [0.05, 0.1) is 19.3 Å². The standard InChI is InChI=1S/C19H34N4O3.2ClH/c1-15(16-3-2-4-20-13-16)11-18(24)21-17-12-19(25)23(14-17)6-5-22-7-9-26-10-8-22;;/h15-17,20H,2-14H2,1H3,(H,21,24);2*1H. The van der Waals surface area contributed by atoms with Crippen molar-refractivity contribution in [3.05, 3.63) is 0 Å². The van der Waals surface area contributed by atoms with Crippen molar-refractivity contribution in [3.63, 3.8) is 0 Å². The average Bonchev–Trinajstić information content (AvgIpc) is 3.00. The van der Waals surface area contributed by atoms with Gasteiger partial charge in [0.25, 0.3) is 0 Å². The highest BCUT2D eigenvalue weighted by molar-refractivity contribution is 5.85. The summed E-state index contributed by atoms with van der Waals surface area (Å²) in [5, 5.41) is 6.51. The topological polar surface area (TPSA) is 73.9 Å². The maximum atomic E-state index is 12.4. The van der Waals surface area contributed by atoms with Crippen LogP contribution in [0.4, 0.5) is 0 Å². The quantitative estimate of drug-likeness (QED) is 0.617. The Morgan fingerprint density at radius 1 is 1.29 bits per heavy atom. The van der Waals surface area contributed by atoms with Crippen molar-refractivity contribution in [3.8, 4) is 0 Å². The van der Waals surface area contributed by atoms with Crippen molar-refractivity contribution >= 4 is 36.6 Å². The molecule has 0 aromatic heterocycles. The van der Waals surface area contributed by atoms with Crippen molar-refractivity contribution in [2.45, 2.75) is 38.6 Å². The summed E-state index contributed by atoms with van der Waals surface area (Å²) in [7, 11) is 0. The van der Waals surface area contributed by atoms with E-state index in [9.17, 15) is 9.59 Å². The van der Waals surface area contributed by atoms with Gasteiger partial charge in [-0.3, -0.25) is 14.5 Å². The normalized spacial score (nSPS) is 26.9. The third-order valence-corrected chi connectivity index (χ3v) is 6.02. The first kappa shape index (κ1) is 25.4. The highest BCUT2D eigenvalue weighted by Crippen LogP contribution is 2.22. The molecular weight excluding hydrogens is 403 g/mol. The molecule has 0 saturated carbocycles. The first-order valence-corrected chi connectivity index (χ1v) is 10.2. The number of nitrogens with one attached hydrogen (secondary N) is 2. The molecule has 3 unspecified atom stereocenters. The van der Waals surface area contributed by atoms with Crippen molar-refractivity contribution in [2.24, 2.45) is 11.8 Å². The monoisotopic (exact) mass is 438 g/mol. The molecule has 7 nitrogen and oxygen atoms in total. The van der Waals surface area contributed by atoms with Crippen LogP contribution in [0.1, 0.15) is 32.6 Å². The molecule has 3 aliphatic rings. The van der Waals surface area contributed by atoms with Crippen LogP contribution in [0.25, 0.3) is 0 Å². The summed E-state index contributed by atoms with van der Waals surface area (Å²) in [5.41, 5.74) is 0. The first-order chi connectivity index (χ1) is 12.6. The second kappa shape index (κ2) is 12.9. The van der Waals surface area contributed by atoms with Crippen LogP contribution in [-0.2, 0) is 14.3 Å². The van der Waals surface area contributed by atoms with Gasteiger partial charge < -0.3 is 20.3 Å². The molecule has 3 aliphatic heterocycles. The maximum Gasteiger partial charge on any atom is 0.224 e. The van der Waals surface area contributed by atoms with E-state index in [-0.39, 0.29) is 42.7 Å². The summed E-state index contributed by atoms with van der Waals surface area (Å²) < 4.78 is 5.36. The molecular formula is C19H36Cl2N4O3. The van der Waals surface area contributed by atoms with Gasteiger partial charge in [0.15, 0.2) is 0 Å². The molecule has 0 spiro atoms. The number of halogens is 2. The SMILES string of the molecule is CC(CC(=O)NC1CC(=O)N(CCN2CCOCC2)C1)C1CCCNC1.Cl.Cl. The van der Waals surface area contributed by atoms with E-state index < -0.39 is 0 Å². The summed E-state index contributed by atoms with van der Waals surface area (Å²) in [4.78, 5) is 28.9. The Morgan fingerprint density at radius 2 is 2.04 bits per heavy atom. The minimum atomic E-state index is -0.0311. The zero-order valence-electron chi connectivity index (χ0n) is 16.9. The van der Waals surface area contributed by atoms with Crippen molar-refractivity contribution in [1.82, 2.24) is 20.4 Å². The van der Waals surface area contributed by atoms with E-state index in [1.807, 2.05) is 4.90 Å². The van der Waals surface area contributed by atoms with Crippen LogP contribution in [0.5, 0.6) is 0 Å². The van der Waals surface area contributed by atoms with E-state index in [0.717, 1.165) is 52.5 Å². The molecule has 3 atom stereocenters. The highest BCUT2D eigenvalue weighted by atomic mass is 35.5. The lowest BCUT2D eigenvalue weighted by Gasteiger charge is -2.29. The fraction of sp³-hybridized carbons (Fsp3) is 0.895. The van der Waals surface area contributed by atoms with E-state index in [1.54, 1.807) is 0 Å². The number of carbonyl (C=O) groups is 2. The number of amides is 2. The fourth-order valence-corrected chi connectivity index (χ4v) is 4.28. The van der Waals surface area contributed by atoms with Gasteiger partial charge in [-0.05, 0) is 37.8 Å². The maximum absolute atomic E-state index is 12.4. The number of morpholine rings is 1. The zero-order chi connectivity index (χ0) is 18.4. The van der Waals surface area contributed by atoms with Crippen LogP contribution >= 0.6 is 24.8 Å². The Balaban J connectivity index is 0.00000196. The molecule has 3 heterocycles. The molecule has 2 amide bonds. The Hall–Kier alpha value is -0.600. The molecule has 0 bridgehead atoms. The van der Waals surface area contributed by atoms with Gasteiger partial charge in [-0.2, -0.15) is 0 Å². The lowest BCUT2D eigenvalue weighted by atomic mass is 9.85. The Labute approximate surface area is 181 Å². The highest BCUT2D eigenvalue weighted by Gasteiger charge is 2.31. The predicted molar refractivity (Wildman–Crippen MR) is 114 cm³/mol. The number of hydrogen-bond acceptors (Lipinski definition) is 5. The van der Waals surface area contributed by atoms with E-state index in [0.29, 0.717) is 31.2 Å². The third kappa shape index (κ3) is 7.67. The molecule has 0 radical (unpaired) electrons. The van der Waals surface area contributed by atoms with Crippen LogP contribution in [0.2, 0.25) is 0 Å². The van der Waals surface area contributed by atoms with Crippen molar-refractivity contribution in [1.29, 1.82) is 0 Å². The molecule has 0 aliphatic carbocycles. The lowest BCUT2D eigenvalue weighted by Crippen LogP contribution is -2.43. The summed E-state index contributed by atoms with van der Waals surface area (Å²) in [5.74, 6) is 1.23. The van der Waals surface area contributed by atoms with Crippen molar-refractivity contribution in [2.75, 3.05) is 59.0 Å².